The molecule has 0 radical (unpaired) electrons. The summed E-state index contributed by atoms with van der Waals surface area (Å²) < 4.78 is 43.1. The lowest BCUT2D eigenvalue weighted by molar-refractivity contribution is -0.140. The number of amidine groups is 1. The largest absolute Gasteiger partial charge is 0.484 e. The van der Waals surface area contributed by atoms with Gasteiger partial charge in [-0.15, -0.1) is 0 Å². The molecule has 1 aromatic rings. The number of carboxylic acid groups (broad SMARTS) is 2. The standard InChI is InChI=1S/C13H9F3N2O5/c14-13(15,16)6-1-2-9-8(3-6)18-10(5-23-9)17-4-7(11(19)20)12(21)22/h1-4H,5H2,(H,17,18)(H,19,20)(H,21,22). The predicted molar refractivity (Wildman–Crippen MR) is 71.4 cm³/mol. The van der Waals surface area contributed by atoms with Crippen molar-refractivity contribution in [2.75, 3.05) is 11.9 Å². The Bertz CT molecular complexity index is 709. The third kappa shape index (κ3) is 3.78. The fraction of sp³-hybridized carbons (Fsp3) is 0.154. The van der Waals surface area contributed by atoms with Crippen molar-refractivity contribution in [3.8, 4) is 5.75 Å². The molecule has 2 rings (SSSR count). The van der Waals surface area contributed by atoms with Crippen molar-refractivity contribution in [2.24, 2.45) is 4.99 Å². The Kier molecular flexibility index (Phi) is 4.25. The van der Waals surface area contributed by atoms with Crippen LogP contribution >= 0.6 is 0 Å². The molecule has 0 spiro atoms. The molecule has 1 heterocycles. The maximum atomic E-state index is 12.6. The van der Waals surface area contributed by atoms with E-state index in [1.807, 2.05) is 0 Å². The van der Waals surface area contributed by atoms with Crippen molar-refractivity contribution in [1.29, 1.82) is 0 Å². The Morgan fingerprint density at radius 1 is 1.26 bits per heavy atom. The molecule has 7 nitrogen and oxygen atoms in total. The first-order valence-corrected chi connectivity index (χ1v) is 6.03. The SMILES string of the molecule is O=C(O)C(=CN=C1COc2ccc(C(F)(F)F)cc2N1)C(=O)O. The fourth-order valence-electron chi connectivity index (χ4n) is 1.68. The highest BCUT2D eigenvalue weighted by Gasteiger charge is 2.32. The van der Waals surface area contributed by atoms with Crippen LogP contribution in [0.1, 0.15) is 5.56 Å². The highest BCUT2D eigenvalue weighted by Crippen LogP contribution is 2.36. The van der Waals surface area contributed by atoms with Crippen molar-refractivity contribution in [2.45, 2.75) is 6.18 Å². The molecule has 1 aliphatic heterocycles. The van der Waals surface area contributed by atoms with E-state index in [0.29, 0.717) is 6.20 Å². The van der Waals surface area contributed by atoms with Crippen LogP contribution in [0.5, 0.6) is 5.75 Å². The highest BCUT2D eigenvalue weighted by atomic mass is 19.4. The zero-order valence-electron chi connectivity index (χ0n) is 11.2. The molecule has 0 unspecified atom stereocenters. The van der Waals surface area contributed by atoms with Gasteiger partial charge in [-0.1, -0.05) is 0 Å². The second kappa shape index (κ2) is 5.99. The zero-order valence-corrected chi connectivity index (χ0v) is 11.2. The van der Waals surface area contributed by atoms with Crippen molar-refractivity contribution in [3.63, 3.8) is 0 Å². The first-order chi connectivity index (χ1) is 10.7. The Morgan fingerprint density at radius 3 is 2.48 bits per heavy atom. The van der Waals surface area contributed by atoms with Crippen LogP contribution in [0.4, 0.5) is 18.9 Å². The summed E-state index contributed by atoms with van der Waals surface area (Å²) >= 11 is 0. The van der Waals surface area contributed by atoms with E-state index >= 15 is 0 Å². The number of fused-ring (bicyclic) bond motifs is 1. The van der Waals surface area contributed by atoms with Gasteiger partial charge in [0.05, 0.1) is 17.5 Å². The van der Waals surface area contributed by atoms with Crippen LogP contribution < -0.4 is 10.1 Å². The van der Waals surface area contributed by atoms with E-state index in [1.54, 1.807) is 0 Å². The Hall–Kier alpha value is -3.04. The van der Waals surface area contributed by atoms with Crippen LogP contribution in [0.15, 0.2) is 35.0 Å². The lowest BCUT2D eigenvalue weighted by Gasteiger charge is -2.21. The molecule has 10 heteroatoms. The maximum Gasteiger partial charge on any atom is 0.416 e. The van der Waals surface area contributed by atoms with Crippen LogP contribution in [0.25, 0.3) is 0 Å². The number of hydrogen-bond donors (Lipinski definition) is 3. The number of anilines is 1. The summed E-state index contributed by atoms with van der Waals surface area (Å²) in [4.78, 5) is 24.9. The van der Waals surface area contributed by atoms with E-state index in [0.717, 1.165) is 18.2 Å². The summed E-state index contributed by atoms with van der Waals surface area (Å²) in [6, 6.07) is 2.80. The van der Waals surface area contributed by atoms with Crippen molar-refractivity contribution < 1.29 is 37.7 Å². The monoisotopic (exact) mass is 330 g/mol. The smallest absolute Gasteiger partial charge is 0.416 e. The minimum Gasteiger partial charge on any atom is -0.484 e. The summed E-state index contributed by atoms with van der Waals surface area (Å²) in [5.74, 6) is -3.26. The normalized spacial score (nSPS) is 15.2. The first kappa shape index (κ1) is 16.3. The Morgan fingerprint density at radius 2 is 1.91 bits per heavy atom. The molecule has 122 valence electrons. The molecule has 0 atom stereocenters. The van der Waals surface area contributed by atoms with Gasteiger partial charge in [-0.25, -0.2) is 14.6 Å². The molecule has 0 saturated heterocycles. The van der Waals surface area contributed by atoms with Gasteiger partial charge in [-0.2, -0.15) is 13.2 Å². The summed E-state index contributed by atoms with van der Waals surface area (Å²) in [6.45, 7) is -0.179. The van der Waals surface area contributed by atoms with Gasteiger partial charge in [0.15, 0.2) is 5.57 Å². The summed E-state index contributed by atoms with van der Waals surface area (Å²) in [6.07, 6.45) is -3.96. The van der Waals surface area contributed by atoms with Gasteiger partial charge in [0, 0.05) is 0 Å². The van der Waals surface area contributed by atoms with Gasteiger partial charge in [-0.05, 0) is 18.2 Å². The maximum absolute atomic E-state index is 12.6. The number of halogens is 3. The van der Waals surface area contributed by atoms with Crippen molar-refractivity contribution in [1.82, 2.24) is 0 Å². The number of rotatable bonds is 3. The number of hydrogen-bond acceptors (Lipinski definition) is 4. The zero-order chi connectivity index (χ0) is 17.2. The summed E-state index contributed by atoms with van der Waals surface area (Å²) in [7, 11) is 0. The number of benzene rings is 1. The van der Waals surface area contributed by atoms with E-state index in [1.165, 1.54) is 0 Å². The number of alkyl halides is 3. The molecule has 0 aliphatic carbocycles. The minimum atomic E-state index is -4.54. The molecule has 1 aliphatic rings. The molecular formula is C13H9F3N2O5. The van der Waals surface area contributed by atoms with E-state index in [4.69, 9.17) is 14.9 Å². The van der Waals surface area contributed by atoms with Crippen molar-refractivity contribution in [3.05, 3.63) is 35.5 Å². The van der Waals surface area contributed by atoms with E-state index in [9.17, 15) is 22.8 Å². The number of carbonyl (C=O) groups is 2. The molecule has 23 heavy (non-hydrogen) atoms. The van der Waals surface area contributed by atoms with E-state index < -0.39 is 29.3 Å². The van der Waals surface area contributed by atoms with Gasteiger partial charge < -0.3 is 20.3 Å². The number of ether oxygens (including phenoxy) is 1. The average molecular weight is 330 g/mol. The van der Waals surface area contributed by atoms with Crippen LogP contribution in [-0.2, 0) is 15.8 Å². The number of aliphatic imine (C=N–C) groups is 1. The molecule has 0 aromatic heterocycles. The lowest BCUT2D eigenvalue weighted by Crippen LogP contribution is -2.26. The predicted octanol–water partition coefficient (Wildman–Crippen LogP) is 1.96. The molecule has 0 saturated carbocycles. The second-order valence-corrected chi connectivity index (χ2v) is 4.35. The van der Waals surface area contributed by atoms with Gasteiger partial charge in [0.25, 0.3) is 0 Å². The number of carboxylic acids is 2. The van der Waals surface area contributed by atoms with Crippen LogP contribution in [-0.4, -0.2) is 34.6 Å². The average Bonchev–Trinajstić information content (AvgIpc) is 2.45. The van der Waals surface area contributed by atoms with Gasteiger partial charge in [0.2, 0.25) is 0 Å². The number of nitrogens with zero attached hydrogens (tertiary/aromatic N) is 1. The van der Waals surface area contributed by atoms with Crippen LogP contribution in [0.2, 0.25) is 0 Å². The third-order valence-corrected chi connectivity index (χ3v) is 2.76. The molecular weight excluding hydrogens is 321 g/mol. The molecule has 0 amide bonds. The third-order valence-electron chi connectivity index (χ3n) is 2.76. The Labute approximate surface area is 126 Å². The second-order valence-electron chi connectivity index (χ2n) is 4.35. The van der Waals surface area contributed by atoms with E-state index in [2.05, 4.69) is 10.3 Å². The van der Waals surface area contributed by atoms with Crippen molar-refractivity contribution >= 4 is 23.5 Å². The minimum absolute atomic E-state index is 0.00887. The number of aliphatic carboxylic acids is 2. The number of nitrogens with one attached hydrogen (secondary N) is 1. The molecule has 3 N–H and O–H groups in total. The quantitative estimate of drug-likeness (QED) is 0.444. The molecule has 0 bridgehead atoms. The molecule has 1 aromatic carbocycles. The van der Waals surface area contributed by atoms with E-state index in [-0.39, 0.29) is 23.9 Å². The summed E-state index contributed by atoms with van der Waals surface area (Å²) in [5.41, 5.74) is -1.90. The molecule has 0 fully saturated rings. The summed E-state index contributed by atoms with van der Waals surface area (Å²) in [5, 5.41) is 19.9. The van der Waals surface area contributed by atoms with Crippen LogP contribution in [0, 0.1) is 0 Å². The van der Waals surface area contributed by atoms with Crippen LogP contribution in [0.3, 0.4) is 0 Å². The highest BCUT2D eigenvalue weighted by molar-refractivity contribution is 6.12. The Balaban J connectivity index is 2.29. The fourth-order valence-corrected chi connectivity index (χ4v) is 1.68. The first-order valence-electron chi connectivity index (χ1n) is 6.03. The van der Waals surface area contributed by atoms with Gasteiger partial charge in [-0.3, -0.25) is 0 Å². The van der Waals surface area contributed by atoms with Gasteiger partial charge in [0.1, 0.15) is 18.2 Å². The topological polar surface area (TPSA) is 108 Å². The lowest BCUT2D eigenvalue weighted by atomic mass is 10.1. The van der Waals surface area contributed by atoms with Gasteiger partial charge >= 0.3 is 18.1 Å².